The summed E-state index contributed by atoms with van der Waals surface area (Å²) in [6, 6.07) is 0. The smallest absolute Gasteiger partial charge is 0.0518 e. The van der Waals surface area contributed by atoms with Gasteiger partial charge in [0.15, 0.2) is 0 Å². The Morgan fingerprint density at radius 3 is 2.27 bits per heavy atom. The van der Waals surface area contributed by atoms with Gasteiger partial charge in [0, 0.05) is 6.61 Å². The zero-order chi connectivity index (χ0) is 8.69. The number of hydrogen-bond acceptors (Lipinski definition) is 2. The number of ether oxygens (including phenoxy) is 1. The zero-order valence-corrected chi connectivity index (χ0v) is 8.91. The van der Waals surface area contributed by atoms with E-state index in [0.29, 0.717) is 6.10 Å². The maximum atomic E-state index is 5.41. The summed E-state index contributed by atoms with van der Waals surface area (Å²) in [5, 5.41) is 0.758. The van der Waals surface area contributed by atoms with Crippen LogP contribution in [0.2, 0.25) is 0 Å². The molecule has 0 rings (SSSR count). The summed E-state index contributed by atoms with van der Waals surface area (Å²) in [6.07, 6.45) is 1.57. The first kappa shape index (κ1) is 11.3. The molecule has 0 aromatic carbocycles. The predicted octanol–water partition coefficient (Wildman–Crippen LogP) is 2.94. The molecule has 0 spiro atoms. The first-order valence-electron chi connectivity index (χ1n) is 4.36. The van der Waals surface area contributed by atoms with E-state index >= 15 is 0 Å². The molecule has 0 aliphatic rings. The second kappa shape index (κ2) is 6.99. The third kappa shape index (κ3) is 10.3. The average Bonchev–Trinajstić information content (AvgIpc) is 1.85. The van der Waals surface area contributed by atoms with Crippen molar-refractivity contribution in [1.82, 2.24) is 0 Å². The lowest BCUT2D eigenvalue weighted by Crippen LogP contribution is -2.04. The molecule has 0 unspecified atom stereocenters. The van der Waals surface area contributed by atoms with Crippen molar-refractivity contribution in [2.24, 2.45) is 0 Å². The van der Waals surface area contributed by atoms with Crippen LogP contribution in [0.25, 0.3) is 0 Å². The fourth-order valence-corrected chi connectivity index (χ4v) is 1.45. The van der Waals surface area contributed by atoms with Crippen LogP contribution in [-0.2, 0) is 4.74 Å². The molecule has 0 radical (unpaired) electrons. The summed E-state index contributed by atoms with van der Waals surface area (Å²) in [5.74, 6) is 1.23. The molecule has 11 heavy (non-hydrogen) atoms. The molecule has 0 heterocycles. The van der Waals surface area contributed by atoms with Crippen LogP contribution in [0.4, 0.5) is 0 Å². The van der Waals surface area contributed by atoms with Gasteiger partial charge < -0.3 is 4.74 Å². The Morgan fingerprint density at radius 2 is 1.82 bits per heavy atom. The summed E-state index contributed by atoms with van der Waals surface area (Å²) in [4.78, 5) is 0. The quantitative estimate of drug-likeness (QED) is 0.575. The second-order valence-electron chi connectivity index (χ2n) is 3.19. The van der Waals surface area contributed by atoms with Gasteiger partial charge in [-0.05, 0) is 31.3 Å². The molecule has 2 heteroatoms. The van der Waals surface area contributed by atoms with Crippen LogP contribution in [0.3, 0.4) is 0 Å². The fraction of sp³-hybridized carbons (Fsp3) is 1.00. The predicted molar refractivity (Wildman–Crippen MR) is 53.3 cm³/mol. The van der Waals surface area contributed by atoms with Crippen molar-refractivity contribution in [2.75, 3.05) is 12.4 Å². The van der Waals surface area contributed by atoms with E-state index in [1.165, 1.54) is 12.2 Å². The van der Waals surface area contributed by atoms with Gasteiger partial charge in [-0.1, -0.05) is 13.8 Å². The minimum absolute atomic E-state index is 0.388. The minimum Gasteiger partial charge on any atom is -0.379 e. The van der Waals surface area contributed by atoms with Crippen LogP contribution in [0, 0.1) is 0 Å². The highest BCUT2D eigenvalue weighted by molar-refractivity contribution is 7.99. The number of rotatable bonds is 6. The molecule has 0 saturated heterocycles. The molecule has 0 atom stereocenters. The van der Waals surface area contributed by atoms with Crippen molar-refractivity contribution in [2.45, 2.75) is 45.5 Å². The standard InChI is InChI=1S/C9H20OS/c1-8(2)10-6-5-7-11-9(3)4/h8-9H,5-7H2,1-4H3. The lowest BCUT2D eigenvalue weighted by molar-refractivity contribution is 0.0799. The van der Waals surface area contributed by atoms with Crippen molar-refractivity contribution >= 4 is 11.8 Å². The van der Waals surface area contributed by atoms with Crippen LogP contribution >= 0.6 is 11.8 Å². The summed E-state index contributed by atoms with van der Waals surface area (Å²) in [5.41, 5.74) is 0. The van der Waals surface area contributed by atoms with Gasteiger partial charge in [0.2, 0.25) is 0 Å². The Hall–Kier alpha value is 0.310. The maximum absolute atomic E-state index is 5.41. The van der Waals surface area contributed by atoms with E-state index in [1.807, 2.05) is 11.8 Å². The third-order valence-electron chi connectivity index (χ3n) is 1.19. The molecule has 0 N–H and O–H groups in total. The molecule has 0 aliphatic heterocycles. The van der Waals surface area contributed by atoms with Gasteiger partial charge in [0.1, 0.15) is 0 Å². The molecular formula is C9H20OS. The van der Waals surface area contributed by atoms with E-state index in [9.17, 15) is 0 Å². The molecule has 1 nitrogen and oxygen atoms in total. The summed E-state index contributed by atoms with van der Waals surface area (Å²) < 4.78 is 5.41. The van der Waals surface area contributed by atoms with Gasteiger partial charge in [-0.25, -0.2) is 0 Å². The van der Waals surface area contributed by atoms with Crippen LogP contribution in [0.5, 0.6) is 0 Å². The van der Waals surface area contributed by atoms with Gasteiger partial charge in [-0.3, -0.25) is 0 Å². The summed E-state index contributed by atoms with van der Waals surface area (Å²) in [6.45, 7) is 9.53. The van der Waals surface area contributed by atoms with Crippen LogP contribution in [0.15, 0.2) is 0 Å². The zero-order valence-electron chi connectivity index (χ0n) is 8.09. The molecule has 0 bridgehead atoms. The number of hydrogen-bond donors (Lipinski definition) is 0. The van der Waals surface area contributed by atoms with E-state index in [2.05, 4.69) is 27.7 Å². The van der Waals surface area contributed by atoms with Crippen molar-refractivity contribution in [3.05, 3.63) is 0 Å². The molecular weight excluding hydrogens is 156 g/mol. The Kier molecular flexibility index (Phi) is 7.18. The highest BCUT2D eigenvalue weighted by Gasteiger charge is 1.95. The molecule has 0 aliphatic carbocycles. The molecule has 0 fully saturated rings. The van der Waals surface area contributed by atoms with E-state index in [0.717, 1.165) is 11.9 Å². The lowest BCUT2D eigenvalue weighted by atomic mass is 10.4. The highest BCUT2D eigenvalue weighted by atomic mass is 32.2. The first-order valence-corrected chi connectivity index (χ1v) is 5.41. The Bertz CT molecular complexity index is 71.6. The highest BCUT2D eigenvalue weighted by Crippen LogP contribution is 2.10. The minimum atomic E-state index is 0.388. The van der Waals surface area contributed by atoms with Crippen LogP contribution < -0.4 is 0 Å². The molecule has 0 saturated carbocycles. The third-order valence-corrected chi connectivity index (χ3v) is 2.38. The van der Waals surface area contributed by atoms with Gasteiger partial charge in [-0.15, -0.1) is 0 Å². The SMILES string of the molecule is CC(C)OCCCSC(C)C. The Labute approximate surface area is 74.9 Å². The van der Waals surface area contributed by atoms with E-state index in [1.54, 1.807) is 0 Å². The first-order chi connectivity index (χ1) is 5.13. The normalized spacial score (nSPS) is 11.5. The fourth-order valence-electron chi connectivity index (χ4n) is 0.697. The van der Waals surface area contributed by atoms with Gasteiger partial charge >= 0.3 is 0 Å². The topological polar surface area (TPSA) is 9.23 Å². The van der Waals surface area contributed by atoms with E-state index in [4.69, 9.17) is 4.74 Å². The van der Waals surface area contributed by atoms with Gasteiger partial charge in [-0.2, -0.15) is 11.8 Å². The largest absolute Gasteiger partial charge is 0.379 e. The van der Waals surface area contributed by atoms with Gasteiger partial charge in [0.25, 0.3) is 0 Å². The van der Waals surface area contributed by atoms with Gasteiger partial charge in [0.05, 0.1) is 6.10 Å². The Morgan fingerprint density at radius 1 is 1.18 bits per heavy atom. The number of thioether (sulfide) groups is 1. The molecule has 0 amide bonds. The molecule has 68 valence electrons. The summed E-state index contributed by atoms with van der Waals surface area (Å²) in [7, 11) is 0. The average molecular weight is 176 g/mol. The van der Waals surface area contributed by atoms with E-state index in [-0.39, 0.29) is 0 Å². The van der Waals surface area contributed by atoms with Crippen molar-refractivity contribution in [3.8, 4) is 0 Å². The molecule has 0 aromatic rings. The summed E-state index contributed by atoms with van der Waals surface area (Å²) >= 11 is 2.00. The second-order valence-corrected chi connectivity index (χ2v) is 4.88. The molecule has 0 aromatic heterocycles. The van der Waals surface area contributed by atoms with E-state index < -0.39 is 0 Å². The van der Waals surface area contributed by atoms with Crippen molar-refractivity contribution in [1.29, 1.82) is 0 Å². The Balaban J connectivity index is 2.91. The van der Waals surface area contributed by atoms with Crippen LogP contribution in [-0.4, -0.2) is 23.7 Å². The van der Waals surface area contributed by atoms with Crippen molar-refractivity contribution < 1.29 is 4.74 Å². The maximum Gasteiger partial charge on any atom is 0.0518 e. The van der Waals surface area contributed by atoms with Crippen molar-refractivity contribution in [3.63, 3.8) is 0 Å². The lowest BCUT2D eigenvalue weighted by Gasteiger charge is -2.07. The monoisotopic (exact) mass is 176 g/mol. The van der Waals surface area contributed by atoms with Crippen LogP contribution in [0.1, 0.15) is 34.1 Å².